The van der Waals surface area contributed by atoms with Crippen LogP contribution in [0.3, 0.4) is 0 Å². The van der Waals surface area contributed by atoms with Crippen LogP contribution in [-0.4, -0.2) is 30.4 Å². The molecule has 2 heterocycles. The maximum absolute atomic E-state index is 11.8. The molecule has 0 radical (unpaired) electrons. The molecule has 0 aliphatic heterocycles. The van der Waals surface area contributed by atoms with Gasteiger partial charge in [-0.05, 0) is 55.9 Å². The van der Waals surface area contributed by atoms with Crippen molar-refractivity contribution < 1.29 is 13.2 Å². The fraction of sp³-hybridized carbons (Fsp3) is 0.143. The highest BCUT2D eigenvalue weighted by Crippen LogP contribution is 2.26. The van der Waals surface area contributed by atoms with Crippen LogP contribution in [0.15, 0.2) is 60.8 Å². The zero-order chi connectivity index (χ0) is 21.1. The SMILES string of the molecule is CNS(=O)(=O)Cc1cccc(Nc2nccc(Oc3ccc4[nH]c(C)cc4c3)n2)c1. The lowest BCUT2D eigenvalue weighted by molar-refractivity contribution is 0.463. The van der Waals surface area contributed by atoms with Gasteiger partial charge in [0.2, 0.25) is 21.9 Å². The predicted molar refractivity (Wildman–Crippen MR) is 117 cm³/mol. The Morgan fingerprint density at radius 2 is 1.97 bits per heavy atom. The van der Waals surface area contributed by atoms with Crippen molar-refractivity contribution in [2.75, 3.05) is 12.4 Å². The summed E-state index contributed by atoms with van der Waals surface area (Å²) >= 11 is 0. The summed E-state index contributed by atoms with van der Waals surface area (Å²) in [6.45, 7) is 2.01. The number of H-pyrrole nitrogens is 1. The number of hydrogen-bond donors (Lipinski definition) is 3. The lowest BCUT2D eigenvalue weighted by Gasteiger charge is -2.09. The first-order valence-electron chi connectivity index (χ1n) is 9.28. The molecule has 0 aliphatic carbocycles. The molecule has 0 amide bonds. The molecule has 0 saturated carbocycles. The van der Waals surface area contributed by atoms with E-state index >= 15 is 0 Å². The number of sulfonamides is 1. The van der Waals surface area contributed by atoms with Gasteiger partial charge in [0.1, 0.15) is 5.75 Å². The summed E-state index contributed by atoms with van der Waals surface area (Å²) < 4.78 is 31.7. The largest absolute Gasteiger partial charge is 0.439 e. The normalized spacial score (nSPS) is 11.5. The zero-order valence-electron chi connectivity index (χ0n) is 16.5. The number of ether oxygens (including phenoxy) is 1. The van der Waals surface area contributed by atoms with E-state index in [-0.39, 0.29) is 5.75 Å². The molecule has 4 aromatic rings. The van der Waals surface area contributed by atoms with Gasteiger partial charge < -0.3 is 15.0 Å². The van der Waals surface area contributed by atoms with Crippen molar-refractivity contribution in [2.24, 2.45) is 0 Å². The number of anilines is 2. The Bertz CT molecular complexity index is 1300. The summed E-state index contributed by atoms with van der Waals surface area (Å²) in [5.41, 5.74) is 3.46. The summed E-state index contributed by atoms with van der Waals surface area (Å²) in [5.74, 6) is 1.31. The Kier molecular flexibility index (Phi) is 5.39. The minimum atomic E-state index is -3.35. The fourth-order valence-electron chi connectivity index (χ4n) is 3.06. The second-order valence-electron chi connectivity index (χ2n) is 6.81. The van der Waals surface area contributed by atoms with Gasteiger partial charge in [0, 0.05) is 34.5 Å². The molecule has 4 rings (SSSR count). The van der Waals surface area contributed by atoms with E-state index in [9.17, 15) is 8.42 Å². The summed E-state index contributed by atoms with van der Waals surface area (Å²) in [6.07, 6.45) is 1.60. The maximum atomic E-state index is 11.8. The summed E-state index contributed by atoms with van der Waals surface area (Å²) in [4.78, 5) is 11.9. The van der Waals surface area contributed by atoms with Crippen LogP contribution in [0.1, 0.15) is 11.3 Å². The molecular weight excluding hydrogens is 402 g/mol. The lowest BCUT2D eigenvalue weighted by Crippen LogP contribution is -2.20. The smallest absolute Gasteiger partial charge is 0.230 e. The molecule has 0 saturated heterocycles. The second-order valence-corrected chi connectivity index (χ2v) is 8.74. The van der Waals surface area contributed by atoms with Gasteiger partial charge in [-0.15, -0.1) is 0 Å². The van der Waals surface area contributed by atoms with Crippen LogP contribution in [-0.2, 0) is 15.8 Å². The third-order valence-electron chi connectivity index (χ3n) is 4.43. The molecule has 2 aromatic carbocycles. The van der Waals surface area contributed by atoms with Gasteiger partial charge >= 0.3 is 0 Å². The minimum Gasteiger partial charge on any atom is -0.439 e. The number of nitrogens with zero attached hydrogens (tertiary/aromatic N) is 2. The maximum Gasteiger partial charge on any atom is 0.230 e. The zero-order valence-corrected chi connectivity index (χ0v) is 17.3. The summed E-state index contributed by atoms with van der Waals surface area (Å²) in [7, 11) is -1.95. The van der Waals surface area contributed by atoms with Crippen LogP contribution < -0.4 is 14.8 Å². The monoisotopic (exact) mass is 423 g/mol. The number of benzene rings is 2. The first-order valence-corrected chi connectivity index (χ1v) is 10.9. The van der Waals surface area contributed by atoms with E-state index in [1.807, 2.05) is 31.2 Å². The van der Waals surface area contributed by atoms with Gasteiger partial charge in [0.25, 0.3) is 0 Å². The topological polar surface area (TPSA) is 109 Å². The highest BCUT2D eigenvalue weighted by Gasteiger charge is 2.10. The number of hydrogen-bond acceptors (Lipinski definition) is 6. The Balaban J connectivity index is 1.50. The molecule has 9 heteroatoms. The molecule has 2 aromatic heterocycles. The van der Waals surface area contributed by atoms with Gasteiger partial charge in [0.15, 0.2) is 0 Å². The van der Waals surface area contributed by atoms with E-state index in [0.717, 1.165) is 16.6 Å². The van der Waals surface area contributed by atoms with Gasteiger partial charge in [-0.25, -0.2) is 18.1 Å². The third kappa shape index (κ3) is 4.76. The Morgan fingerprint density at radius 3 is 2.80 bits per heavy atom. The standard InChI is InChI=1S/C21H21N5O3S/c1-14-10-16-12-18(6-7-19(16)24-14)29-20-8-9-23-21(26-20)25-17-5-3-4-15(11-17)13-30(27,28)22-2/h3-12,22,24H,13H2,1-2H3,(H,23,25,26). The van der Waals surface area contributed by atoms with Crippen LogP contribution in [0, 0.1) is 6.92 Å². The summed E-state index contributed by atoms with van der Waals surface area (Å²) in [5, 5.41) is 4.15. The van der Waals surface area contributed by atoms with Crippen molar-refractivity contribution in [1.29, 1.82) is 0 Å². The number of aryl methyl sites for hydroxylation is 1. The molecule has 0 bridgehead atoms. The molecule has 30 heavy (non-hydrogen) atoms. The number of nitrogens with one attached hydrogen (secondary N) is 3. The van der Waals surface area contributed by atoms with Crippen molar-refractivity contribution >= 4 is 32.6 Å². The first-order chi connectivity index (χ1) is 14.4. The molecular formula is C21H21N5O3S. The molecule has 0 unspecified atom stereocenters. The second kappa shape index (κ2) is 8.13. The Morgan fingerprint density at radius 1 is 1.10 bits per heavy atom. The van der Waals surface area contributed by atoms with Gasteiger partial charge in [-0.2, -0.15) is 4.98 Å². The van der Waals surface area contributed by atoms with E-state index in [2.05, 4.69) is 31.1 Å². The molecule has 3 N–H and O–H groups in total. The van der Waals surface area contributed by atoms with Crippen molar-refractivity contribution in [3.63, 3.8) is 0 Å². The molecule has 0 fully saturated rings. The van der Waals surface area contributed by atoms with E-state index in [1.54, 1.807) is 30.5 Å². The number of fused-ring (bicyclic) bond motifs is 1. The summed E-state index contributed by atoms with van der Waals surface area (Å²) in [6, 6.07) is 16.6. The third-order valence-corrected chi connectivity index (χ3v) is 5.77. The molecule has 0 spiro atoms. The van der Waals surface area contributed by atoms with Crippen LogP contribution in [0.2, 0.25) is 0 Å². The van der Waals surface area contributed by atoms with E-state index < -0.39 is 10.0 Å². The number of aromatic nitrogens is 3. The minimum absolute atomic E-state index is 0.107. The van der Waals surface area contributed by atoms with Crippen molar-refractivity contribution in [2.45, 2.75) is 12.7 Å². The van der Waals surface area contributed by atoms with Gasteiger partial charge in [0.05, 0.1) is 5.75 Å². The van der Waals surface area contributed by atoms with Gasteiger partial charge in [-0.1, -0.05) is 12.1 Å². The van der Waals surface area contributed by atoms with E-state index in [1.165, 1.54) is 7.05 Å². The van der Waals surface area contributed by atoms with Gasteiger partial charge in [-0.3, -0.25) is 0 Å². The quantitative estimate of drug-likeness (QED) is 0.417. The lowest BCUT2D eigenvalue weighted by atomic mass is 10.2. The van der Waals surface area contributed by atoms with Crippen LogP contribution in [0.4, 0.5) is 11.6 Å². The highest BCUT2D eigenvalue weighted by molar-refractivity contribution is 7.88. The molecule has 154 valence electrons. The highest BCUT2D eigenvalue weighted by atomic mass is 32.2. The van der Waals surface area contributed by atoms with Crippen LogP contribution in [0.5, 0.6) is 11.6 Å². The molecule has 0 atom stereocenters. The first kappa shape index (κ1) is 19.9. The van der Waals surface area contributed by atoms with Crippen LogP contribution in [0.25, 0.3) is 10.9 Å². The average Bonchev–Trinajstić information content (AvgIpc) is 3.07. The van der Waals surface area contributed by atoms with Crippen molar-refractivity contribution in [1.82, 2.24) is 19.7 Å². The average molecular weight is 423 g/mol. The Hall–Kier alpha value is -3.43. The fourth-order valence-corrected chi connectivity index (χ4v) is 3.82. The van der Waals surface area contributed by atoms with Crippen molar-refractivity contribution in [3.8, 4) is 11.6 Å². The molecule has 8 nitrogen and oxygen atoms in total. The predicted octanol–water partition coefficient (Wildman–Crippen LogP) is 3.85. The number of aromatic amines is 1. The van der Waals surface area contributed by atoms with Crippen LogP contribution >= 0.6 is 0 Å². The number of rotatable bonds is 7. The van der Waals surface area contributed by atoms with E-state index in [0.29, 0.717) is 28.8 Å². The van der Waals surface area contributed by atoms with Crippen molar-refractivity contribution in [3.05, 3.63) is 72.1 Å². The molecule has 0 aliphatic rings. The van der Waals surface area contributed by atoms with E-state index in [4.69, 9.17) is 4.74 Å². The Labute approximate surface area is 174 Å².